The third-order valence-corrected chi connectivity index (χ3v) is 3.75. The number of amides is 2. The van der Waals surface area contributed by atoms with E-state index in [0.717, 1.165) is 5.56 Å². The molecule has 23 heavy (non-hydrogen) atoms. The van der Waals surface area contributed by atoms with E-state index in [0.29, 0.717) is 36.4 Å². The standard InChI is InChI=1S/C18H17NO4/c20-12-13-5-3-6-14(11-13)23-10-4-9-19-17(21)15-7-1-2-8-16(15)18(19)22/h1-3,5-8,11,20H,4,9-10,12H2. The maximum absolute atomic E-state index is 12.2. The molecule has 0 aliphatic carbocycles. The number of nitrogens with zero attached hydrogens (tertiary/aromatic N) is 1. The van der Waals surface area contributed by atoms with Gasteiger partial charge in [0.25, 0.3) is 11.8 Å². The Kier molecular flexibility index (Phi) is 4.39. The van der Waals surface area contributed by atoms with Crippen LogP contribution in [0.1, 0.15) is 32.7 Å². The average molecular weight is 311 g/mol. The van der Waals surface area contributed by atoms with Crippen LogP contribution < -0.4 is 4.74 Å². The molecule has 2 aromatic carbocycles. The summed E-state index contributed by atoms with van der Waals surface area (Å²) < 4.78 is 5.60. The molecule has 0 bridgehead atoms. The Balaban J connectivity index is 1.54. The highest BCUT2D eigenvalue weighted by Crippen LogP contribution is 2.22. The van der Waals surface area contributed by atoms with Gasteiger partial charge in [0.15, 0.2) is 0 Å². The van der Waals surface area contributed by atoms with E-state index in [2.05, 4.69) is 0 Å². The molecule has 0 atom stereocenters. The minimum Gasteiger partial charge on any atom is -0.494 e. The summed E-state index contributed by atoms with van der Waals surface area (Å²) in [6, 6.07) is 14.0. The van der Waals surface area contributed by atoms with Gasteiger partial charge in [-0.2, -0.15) is 0 Å². The molecule has 0 unspecified atom stereocenters. The summed E-state index contributed by atoms with van der Waals surface area (Å²) in [7, 11) is 0. The van der Waals surface area contributed by atoms with E-state index in [-0.39, 0.29) is 18.4 Å². The van der Waals surface area contributed by atoms with Crippen molar-refractivity contribution in [3.63, 3.8) is 0 Å². The van der Waals surface area contributed by atoms with Gasteiger partial charge < -0.3 is 9.84 Å². The maximum atomic E-state index is 12.2. The van der Waals surface area contributed by atoms with Crippen molar-refractivity contribution >= 4 is 11.8 Å². The van der Waals surface area contributed by atoms with E-state index in [4.69, 9.17) is 9.84 Å². The van der Waals surface area contributed by atoms with Crippen molar-refractivity contribution < 1.29 is 19.4 Å². The van der Waals surface area contributed by atoms with Crippen LogP contribution in [0.4, 0.5) is 0 Å². The molecule has 1 N–H and O–H groups in total. The quantitative estimate of drug-likeness (QED) is 0.656. The highest BCUT2D eigenvalue weighted by atomic mass is 16.5. The van der Waals surface area contributed by atoms with E-state index in [1.807, 2.05) is 12.1 Å². The van der Waals surface area contributed by atoms with Crippen molar-refractivity contribution in [1.82, 2.24) is 4.90 Å². The zero-order chi connectivity index (χ0) is 16.2. The number of carbonyl (C=O) groups excluding carboxylic acids is 2. The number of aliphatic hydroxyl groups excluding tert-OH is 1. The second kappa shape index (κ2) is 6.62. The van der Waals surface area contributed by atoms with Gasteiger partial charge in [0, 0.05) is 6.54 Å². The molecule has 1 aliphatic rings. The molecule has 3 rings (SSSR count). The van der Waals surface area contributed by atoms with Crippen molar-refractivity contribution in [3.05, 3.63) is 65.2 Å². The van der Waals surface area contributed by atoms with Gasteiger partial charge in [-0.15, -0.1) is 0 Å². The first-order chi connectivity index (χ1) is 11.2. The number of carbonyl (C=O) groups is 2. The maximum Gasteiger partial charge on any atom is 0.261 e. The van der Waals surface area contributed by atoms with Crippen molar-refractivity contribution in [2.24, 2.45) is 0 Å². The van der Waals surface area contributed by atoms with E-state index in [1.54, 1.807) is 36.4 Å². The Morgan fingerprint density at radius 1 is 0.957 bits per heavy atom. The second-order valence-electron chi connectivity index (χ2n) is 5.32. The first-order valence-electron chi connectivity index (χ1n) is 7.48. The van der Waals surface area contributed by atoms with E-state index < -0.39 is 0 Å². The second-order valence-corrected chi connectivity index (χ2v) is 5.32. The summed E-state index contributed by atoms with van der Waals surface area (Å²) in [5.74, 6) is 0.180. The van der Waals surface area contributed by atoms with Crippen LogP contribution in [0.25, 0.3) is 0 Å². The van der Waals surface area contributed by atoms with Crippen LogP contribution in [-0.4, -0.2) is 35.0 Å². The van der Waals surface area contributed by atoms with Crippen LogP contribution in [0.5, 0.6) is 5.75 Å². The number of hydrogen-bond donors (Lipinski definition) is 1. The van der Waals surface area contributed by atoms with Gasteiger partial charge in [0.1, 0.15) is 5.75 Å². The highest BCUT2D eigenvalue weighted by molar-refractivity contribution is 6.21. The molecule has 2 amide bonds. The molecular formula is C18H17NO4. The number of imide groups is 1. The fourth-order valence-corrected chi connectivity index (χ4v) is 2.59. The number of benzene rings is 2. The Labute approximate surface area is 134 Å². The third-order valence-electron chi connectivity index (χ3n) is 3.75. The Hall–Kier alpha value is -2.66. The Morgan fingerprint density at radius 2 is 1.65 bits per heavy atom. The molecule has 0 aromatic heterocycles. The summed E-state index contributed by atoms with van der Waals surface area (Å²) in [4.78, 5) is 25.6. The Morgan fingerprint density at radius 3 is 2.30 bits per heavy atom. The zero-order valence-corrected chi connectivity index (χ0v) is 12.6. The molecule has 1 aliphatic heterocycles. The smallest absolute Gasteiger partial charge is 0.261 e. The lowest BCUT2D eigenvalue weighted by Gasteiger charge is -2.14. The first-order valence-corrected chi connectivity index (χ1v) is 7.48. The minimum atomic E-state index is -0.243. The average Bonchev–Trinajstić information content (AvgIpc) is 2.84. The predicted octanol–water partition coefficient (Wildman–Crippen LogP) is 2.24. The summed E-state index contributed by atoms with van der Waals surface area (Å²) in [5.41, 5.74) is 1.71. The predicted molar refractivity (Wildman–Crippen MR) is 84.3 cm³/mol. The first kappa shape index (κ1) is 15.2. The van der Waals surface area contributed by atoms with E-state index >= 15 is 0 Å². The van der Waals surface area contributed by atoms with E-state index in [9.17, 15) is 9.59 Å². The monoisotopic (exact) mass is 311 g/mol. The van der Waals surface area contributed by atoms with Gasteiger partial charge in [-0.05, 0) is 36.2 Å². The summed E-state index contributed by atoms with van der Waals surface area (Å²) >= 11 is 0. The molecule has 0 spiro atoms. The number of aliphatic hydroxyl groups is 1. The SMILES string of the molecule is O=C1c2ccccc2C(=O)N1CCCOc1cccc(CO)c1. The van der Waals surface area contributed by atoms with Crippen LogP contribution in [0.15, 0.2) is 48.5 Å². The zero-order valence-electron chi connectivity index (χ0n) is 12.6. The lowest BCUT2D eigenvalue weighted by Crippen LogP contribution is -2.31. The number of ether oxygens (including phenoxy) is 1. The molecule has 0 radical (unpaired) electrons. The van der Waals surface area contributed by atoms with Gasteiger partial charge in [-0.3, -0.25) is 14.5 Å². The molecule has 1 heterocycles. The van der Waals surface area contributed by atoms with Gasteiger partial charge in [-0.1, -0.05) is 24.3 Å². The van der Waals surface area contributed by atoms with Crippen LogP contribution in [0.2, 0.25) is 0 Å². The van der Waals surface area contributed by atoms with Gasteiger partial charge >= 0.3 is 0 Å². The topological polar surface area (TPSA) is 66.8 Å². The number of fused-ring (bicyclic) bond motifs is 1. The van der Waals surface area contributed by atoms with Gasteiger partial charge in [0.2, 0.25) is 0 Å². The summed E-state index contributed by atoms with van der Waals surface area (Å²) in [5, 5.41) is 9.08. The van der Waals surface area contributed by atoms with Crippen LogP contribution in [-0.2, 0) is 6.61 Å². The van der Waals surface area contributed by atoms with Crippen LogP contribution in [0.3, 0.4) is 0 Å². The largest absolute Gasteiger partial charge is 0.494 e. The molecule has 5 heteroatoms. The highest BCUT2D eigenvalue weighted by Gasteiger charge is 2.34. The Bertz CT molecular complexity index is 706. The van der Waals surface area contributed by atoms with Gasteiger partial charge in [-0.25, -0.2) is 0 Å². The van der Waals surface area contributed by atoms with E-state index in [1.165, 1.54) is 4.90 Å². The summed E-state index contributed by atoms with van der Waals surface area (Å²) in [6.07, 6.45) is 0.550. The van der Waals surface area contributed by atoms with Gasteiger partial charge in [0.05, 0.1) is 24.3 Å². The fraction of sp³-hybridized carbons (Fsp3) is 0.222. The van der Waals surface area contributed by atoms with Crippen LogP contribution >= 0.6 is 0 Å². The van der Waals surface area contributed by atoms with Crippen LogP contribution in [0, 0.1) is 0 Å². The van der Waals surface area contributed by atoms with Crippen molar-refractivity contribution in [2.75, 3.05) is 13.2 Å². The number of hydrogen-bond acceptors (Lipinski definition) is 4. The molecule has 118 valence electrons. The molecule has 2 aromatic rings. The van der Waals surface area contributed by atoms with Crippen molar-refractivity contribution in [1.29, 1.82) is 0 Å². The molecule has 5 nitrogen and oxygen atoms in total. The lowest BCUT2D eigenvalue weighted by molar-refractivity contribution is 0.0646. The third kappa shape index (κ3) is 3.10. The molecule has 0 saturated carbocycles. The lowest BCUT2D eigenvalue weighted by atomic mass is 10.1. The molecular weight excluding hydrogens is 294 g/mol. The molecule has 0 fully saturated rings. The summed E-state index contributed by atoms with van der Waals surface area (Å²) in [6.45, 7) is 0.681. The fourth-order valence-electron chi connectivity index (χ4n) is 2.59. The van der Waals surface area contributed by atoms with Crippen molar-refractivity contribution in [3.8, 4) is 5.75 Å². The normalized spacial score (nSPS) is 13.3. The minimum absolute atomic E-state index is 0.0355. The molecule has 0 saturated heterocycles. The number of rotatable bonds is 6. The van der Waals surface area contributed by atoms with Crippen molar-refractivity contribution in [2.45, 2.75) is 13.0 Å².